The van der Waals surface area contributed by atoms with Gasteiger partial charge in [0.25, 0.3) is 0 Å². The van der Waals surface area contributed by atoms with Gasteiger partial charge in [-0.3, -0.25) is 4.79 Å². The Labute approximate surface area is 131 Å². The van der Waals surface area contributed by atoms with Crippen LogP contribution in [0.1, 0.15) is 0 Å². The van der Waals surface area contributed by atoms with Gasteiger partial charge in [0.1, 0.15) is 18.2 Å². The van der Waals surface area contributed by atoms with Crippen molar-refractivity contribution in [1.29, 1.82) is 5.26 Å². The molecule has 0 saturated heterocycles. The van der Waals surface area contributed by atoms with Gasteiger partial charge in [0.15, 0.2) is 0 Å². The highest BCUT2D eigenvalue weighted by Gasteiger charge is 2.08. The Morgan fingerprint density at radius 2 is 1.83 bits per heavy atom. The van der Waals surface area contributed by atoms with Crippen LogP contribution >= 0.6 is 0 Å². The molecule has 1 amide bonds. The van der Waals surface area contributed by atoms with E-state index in [0.29, 0.717) is 11.4 Å². The molecule has 118 valence electrons. The van der Waals surface area contributed by atoms with Crippen LogP contribution in [0.3, 0.4) is 0 Å². The first-order chi connectivity index (χ1) is 11.1. The third-order valence-corrected chi connectivity index (χ3v) is 2.93. The predicted molar refractivity (Wildman–Crippen MR) is 83.2 cm³/mol. The number of rotatable bonds is 6. The van der Waals surface area contributed by atoms with Crippen LogP contribution in [0.4, 0.5) is 25.8 Å². The Bertz CT molecular complexity index is 743. The average molecular weight is 316 g/mol. The normalized spacial score (nSPS) is 9.78. The molecule has 0 aromatic heterocycles. The quantitative estimate of drug-likeness (QED) is 0.716. The molecular formula is C16H14F2N4O. The number of benzene rings is 2. The second kappa shape index (κ2) is 7.75. The first-order valence-corrected chi connectivity index (χ1v) is 6.79. The Balaban J connectivity index is 2.08. The summed E-state index contributed by atoms with van der Waals surface area (Å²) in [6.45, 7) is -0.104. The van der Waals surface area contributed by atoms with Gasteiger partial charge in [0, 0.05) is 6.07 Å². The minimum atomic E-state index is -0.716. The Morgan fingerprint density at radius 1 is 1.09 bits per heavy atom. The molecule has 3 N–H and O–H groups in total. The Morgan fingerprint density at radius 3 is 2.52 bits per heavy atom. The molecule has 2 rings (SSSR count). The van der Waals surface area contributed by atoms with Crippen molar-refractivity contribution in [3.8, 4) is 6.07 Å². The van der Waals surface area contributed by atoms with Crippen LogP contribution in [-0.2, 0) is 4.79 Å². The molecular weight excluding hydrogens is 302 g/mol. The van der Waals surface area contributed by atoms with E-state index in [1.54, 1.807) is 24.3 Å². The molecule has 0 radical (unpaired) electrons. The van der Waals surface area contributed by atoms with Gasteiger partial charge in [0.05, 0.1) is 29.7 Å². The van der Waals surface area contributed by atoms with Gasteiger partial charge in [0.2, 0.25) is 5.91 Å². The van der Waals surface area contributed by atoms with Crippen LogP contribution in [0.2, 0.25) is 0 Å². The molecule has 0 aliphatic heterocycles. The summed E-state index contributed by atoms with van der Waals surface area (Å²) in [5.41, 5.74) is 1.23. The van der Waals surface area contributed by atoms with Crippen molar-refractivity contribution in [3.05, 3.63) is 54.1 Å². The Hall–Kier alpha value is -3.14. The summed E-state index contributed by atoms with van der Waals surface area (Å²) < 4.78 is 26.6. The average Bonchev–Trinajstić information content (AvgIpc) is 2.54. The van der Waals surface area contributed by atoms with Gasteiger partial charge in [-0.05, 0) is 24.3 Å². The fourth-order valence-corrected chi connectivity index (χ4v) is 1.86. The summed E-state index contributed by atoms with van der Waals surface area (Å²) in [5.74, 6) is -1.71. The van der Waals surface area contributed by atoms with Crippen molar-refractivity contribution in [2.75, 3.05) is 23.7 Å². The van der Waals surface area contributed by atoms with Gasteiger partial charge in [-0.2, -0.15) is 5.26 Å². The van der Waals surface area contributed by atoms with Crippen LogP contribution in [0.15, 0.2) is 42.5 Å². The number of hydrogen-bond donors (Lipinski definition) is 3. The van der Waals surface area contributed by atoms with E-state index < -0.39 is 11.6 Å². The number of carbonyl (C=O) groups is 1. The van der Waals surface area contributed by atoms with Crippen LogP contribution in [0.5, 0.6) is 0 Å². The lowest BCUT2D eigenvalue weighted by molar-refractivity contribution is -0.119. The SMILES string of the molecule is N#CCNC(=O)CNc1ccccc1Nc1ccc(F)cc1F. The van der Waals surface area contributed by atoms with Crippen LogP contribution in [0.25, 0.3) is 0 Å². The maximum atomic E-state index is 13.7. The fraction of sp³-hybridized carbons (Fsp3) is 0.125. The number of halogens is 2. The zero-order valence-corrected chi connectivity index (χ0v) is 12.1. The van der Waals surface area contributed by atoms with Crippen molar-refractivity contribution in [2.24, 2.45) is 0 Å². The van der Waals surface area contributed by atoms with E-state index in [4.69, 9.17) is 5.26 Å². The molecule has 7 heteroatoms. The molecule has 0 aliphatic carbocycles. The molecule has 23 heavy (non-hydrogen) atoms. The van der Waals surface area contributed by atoms with Crippen LogP contribution < -0.4 is 16.0 Å². The maximum absolute atomic E-state index is 13.7. The minimum Gasteiger partial charge on any atom is -0.374 e. The second-order valence-corrected chi connectivity index (χ2v) is 4.58. The molecule has 2 aromatic carbocycles. The van der Waals surface area contributed by atoms with Crippen molar-refractivity contribution in [2.45, 2.75) is 0 Å². The molecule has 0 saturated carbocycles. The summed E-state index contributed by atoms with van der Waals surface area (Å²) in [4.78, 5) is 11.5. The van der Waals surface area contributed by atoms with Crippen molar-refractivity contribution in [3.63, 3.8) is 0 Å². The third-order valence-electron chi connectivity index (χ3n) is 2.93. The van der Waals surface area contributed by atoms with E-state index in [-0.39, 0.29) is 24.7 Å². The molecule has 0 spiro atoms. The van der Waals surface area contributed by atoms with Gasteiger partial charge >= 0.3 is 0 Å². The van der Waals surface area contributed by atoms with E-state index in [2.05, 4.69) is 16.0 Å². The van der Waals surface area contributed by atoms with Gasteiger partial charge in [-0.25, -0.2) is 8.78 Å². The topological polar surface area (TPSA) is 77.0 Å². The number of para-hydroxylation sites is 2. The van der Waals surface area contributed by atoms with Crippen molar-refractivity contribution >= 4 is 23.0 Å². The van der Waals surface area contributed by atoms with E-state index in [1.165, 1.54) is 6.07 Å². The number of nitrogens with one attached hydrogen (secondary N) is 3. The molecule has 0 bridgehead atoms. The summed E-state index contributed by atoms with van der Waals surface area (Å²) in [7, 11) is 0. The van der Waals surface area contributed by atoms with Crippen molar-refractivity contribution in [1.82, 2.24) is 5.32 Å². The first kappa shape index (κ1) is 16.2. The summed E-state index contributed by atoms with van der Waals surface area (Å²) in [5, 5.41) is 16.5. The van der Waals surface area contributed by atoms with Crippen molar-refractivity contribution < 1.29 is 13.6 Å². The standard InChI is InChI=1S/C16H14F2N4O/c17-11-5-6-13(12(18)9-11)22-15-4-2-1-3-14(15)21-10-16(23)20-8-7-19/h1-6,9,21-22H,8,10H2,(H,20,23). The molecule has 0 aliphatic rings. The highest BCUT2D eigenvalue weighted by molar-refractivity contribution is 5.83. The molecule has 0 fully saturated rings. The Kier molecular flexibility index (Phi) is 5.47. The van der Waals surface area contributed by atoms with Gasteiger partial charge in [-0.15, -0.1) is 0 Å². The van der Waals surface area contributed by atoms with E-state index >= 15 is 0 Å². The molecule has 5 nitrogen and oxygen atoms in total. The lowest BCUT2D eigenvalue weighted by atomic mass is 10.2. The highest BCUT2D eigenvalue weighted by atomic mass is 19.1. The van der Waals surface area contributed by atoms with Crippen LogP contribution in [0, 0.1) is 23.0 Å². The summed E-state index contributed by atoms with van der Waals surface area (Å²) in [6, 6.07) is 11.9. The number of amides is 1. The maximum Gasteiger partial charge on any atom is 0.240 e. The zero-order chi connectivity index (χ0) is 16.7. The number of carbonyl (C=O) groups excluding carboxylic acids is 1. The number of nitrogens with zero attached hydrogens (tertiary/aromatic N) is 1. The summed E-state index contributed by atoms with van der Waals surface area (Å²) in [6.07, 6.45) is 0. The molecule has 0 unspecified atom stereocenters. The molecule has 2 aromatic rings. The largest absolute Gasteiger partial charge is 0.374 e. The predicted octanol–water partition coefficient (Wildman–Crippen LogP) is 2.76. The van der Waals surface area contributed by atoms with E-state index in [9.17, 15) is 13.6 Å². The zero-order valence-electron chi connectivity index (χ0n) is 12.1. The number of anilines is 3. The van der Waals surface area contributed by atoms with Gasteiger partial charge in [-0.1, -0.05) is 12.1 Å². The highest BCUT2D eigenvalue weighted by Crippen LogP contribution is 2.26. The second-order valence-electron chi connectivity index (χ2n) is 4.58. The smallest absolute Gasteiger partial charge is 0.240 e. The minimum absolute atomic E-state index is 0.0354. The van der Waals surface area contributed by atoms with E-state index in [1.807, 2.05) is 6.07 Å². The fourth-order valence-electron chi connectivity index (χ4n) is 1.86. The lowest BCUT2D eigenvalue weighted by Crippen LogP contribution is -2.30. The van der Waals surface area contributed by atoms with Gasteiger partial charge < -0.3 is 16.0 Å². The molecule has 0 atom stereocenters. The number of nitriles is 1. The van der Waals surface area contributed by atoms with E-state index in [0.717, 1.165) is 12.1 Å². The number of hydrogen-bond acceptors (Lipinski definition) is 4. The molecule has 0 heterocycles. The summed E-state index contributed by atoms with van der Waals surface area (Å²) >= 11 is 0. The first-order valence-electron chi connectivity index (χ1n) is 6.79. The van der Waals surface area contributed by atoms with Crippen LogP contribution in [-0.4, -0.2) is 19.0 Å². The lowest BCUT2D eigenvalue weighted by Gasteiger charge is -2.14. The third kappa shape index (κ3) is 4.68. The monoisotopic (exact) mass is 316 g/mol.